The van der Waals surface area contributed by atoms with Crippen LogP contribution in [0.5, 0.6) is 0 Å². The van der Waals surface area contributed by atoms with Crippen LogP contribution in [0.25, 0.3) is 0 Å². The molecule has 4 N–H and O–H groups in total. The Labute approximate surface area is 337 Å². The largest absolute Gasteiger partial charge is 0.446 e. The van der Waals surface area contributed by atoms with Crippen molar-refractivity contribution in [3.8, 4) is 0 Å². The summed E-state index contributed by atoms with van der Waals surface area (Å²) in [7, 11) is 0. The van der Waals surface area contributed by atoms with Gasteiger partial charge in [-0.3, -0.25) is 14.5 Å². The molecule has 0 aromatic heterocycles. The first-order chi connectivity index (χ1) is 26.4. The van der Waals surface area contributed by atoms with Crippen LogP contribution >= 0.6 is 0 Å². The van der Waals surface area contributed by atoms with Crippen molar-refractivity contribution in [1.82, 2.24) is 15.5 Å². The molecular formula is C47H84N4O4. The van der Waals surface area contributed by atoms with Crippen molar-refractivity contribution < 1.29 is 19.1 Å². The summed E-state index contributed by atoms with van der Waals surface area (Å²) in [5.74, 6) is 4.66. The second-order valence-corrected chi connectivity index (χ2v) is 19.4. The van der Waals surface area contributed by atoms with E-state index in [1.165, 1.54) is 100 Å². The fourth-order valence-corrected chi connectivity index (χ4v) is 11.8. The molecule has 8 heteroatoms. The van der Waals surface area contributed by atoms with Crippen molar-refractivity contribution in [3.63, 3.8) is 0 Å². The fraction of sp³-hybridized carbons (Fsp3) is 0.894. The van der Waals surface area contributed by atoms with Crippen molar-refractivity contribution in [2.24, 2.45) is 52.1 Å². The lowest BCUT2D eigenvalue weighted by molar-refractivity contribution is -0.123. The Kier molecular flexibility index (Phi) is 18.9. The number of ether oxygens (including phenoxy) is 1. The zero-order valence-corrected chi connectivity index (χ0v) is 36.4. The Morgan fingerprint density at radius 1 is 0.836 bits per heavy atom. The minimum atomic E-state index is -0.421. The maximum absolute atomic E-state index is 13.7. The number of nitrogens with zero attached hydrogens (tertiary/aromatic N) is 1. The molecule has 8 nitrogen and oxygen atoms in total. The van der Waals surface area contributed by atoms with Gasteiger partial charge in [0.15, 0.2) is 0 Å². The summed E-state index contributed by atoms with van der Waals surface area (Å²) in [6.45, 7) is 16.5. The molecule has 4 aliphatic carbocycles. The number of hydrogen-bond donors (Lipinski definition) is 3. The molecule has 316 valence electrons. The molecule has 3 fully saturated rings. The molecule has 0 aromatic rings. The molecule has 0 spiro atoms. The minimum absolute atomic E-state index is 0.0516. The molecule has 3 saturated carbocycles. The van der Waals surface area contributed by atoms with E-state index in [2.05, 4.69) is 58.3 Å². The van der Waals surface area contributed by atoms with Crippen molar-refractivity contribution >= 4 is 17.9 Å². The Balaban J connectivity index is 1.27. The Hall–Kier alpha value is -2.09. The number of nitrogens with two attached hydrogens (primary N) is 1. The van der Waals surface area contributed by atoms with E-state index < -0.39 is 6.09 Å². The number of allylic oxidation sites excluding steroid dienone is 1. The number of unbranched alkanes of at least 4 members (excludes halogenated alkanes) is 7. The molecular weight excluding hydrogens is 685 g/mol. The third kappa shape index (κ3) is 13.0. The summed E-state index contributed by atoms with van der Waals surface area (Å²) >= 11 is 0. The molecule has 8 atom stereocenters. The molecule has 0 bridgehead atoms. The number of carbonyl (C=O) groups is 3. The second kappa shape index (κ2) is 22.7. The molecule has 3 amide bonds. The number of nitrogens with one attached hydrogen (secondary N) is 2. The SMILES string of the molecule is CCCCCCCCCCC(=O)NCCCN(CC(=O)NCCCN)C(=O)O[C@H]1CC[C@@]2(C)C(=CC[C@H]3[C@@H]4CC[C@H]([C@H](C)CCCC(C)C)[C@@]4(C)CC[C@@H]32)C1. The van der Waals surface area contributed by atoms with Crippen LogP contribution in [-0.2, 0) is 14.3 Å². The number of rotatable bonds is 24. The first-order valence-corrected chi connectivity index (χ1v) is 23.3. The highest BCUT2D eigenvalue weighted by Crippen LogP contribution is 2.67. The van der Waals surface area contributed by atoms with E-state index in [-0.39, 0.29) is 29.9 Å². The van der Waals surface area contributed by atoms with Crippen LogP contribution in [0.2, 0.25) is 0 Å². The zero-order chi connectivity index (χ0) is 39.8. The van der Waals surface area contributed by atoms with Gasteiger partial charge in [-0.15, -0.1) is 0 Å². The van der Waals surface area contributed by atoms with Gasteiger partial charge in [0.1, 0.15) is 12.6 Å². The van der Waals surface area contributed by atoms with E-state index in [0.29, 0.717) is 50.9 Å². The van der Waals surface area contributed by atoms with Gasteiger partial charge in [-0.25, -0.2) is 4.79 Å². The molecule has 0 unspecified atom stereocenters. The number of fused-ring (bicyclic) bond motifs is 5. The van der Waals surface area contributed by atoms with Crippen molar-refractivity contribution in [2.75, 3.05) is 32.7 Å². The van der Waals surface area contributed by atoms with Gasteiger partial charge < -0.3 is 21.1 Å². The highest BCUT2D eigenvalue weighted by molar-refractivity contribution is 5.82. The van der Waals surface area contributed by atoms with Crippen LogP contribution in [0.3, 0.4) is 0 Å². The van der Waals surface area contributed by atoms with Gasteiger partial charge in [-0.2, -0.15) is 0 Å². The first kappa shape index (κ1) is 45.6. The average molecular weight is 769 g/mol. The topological polar surface area (TPSA) is 114 Å². The lowest BCUT2D eigenvalue weighted by Gasteiger charge is -2.58. The summed E-state index contributed by atoms with van der Waals surface area (Å²) in [6, 6.07) is 0. The maximum Gasteiger partial charge on any atom is 0.410 e. The van der Waals surface area contributed by atoms with Gasteiger partial charge >= 0.3 is 6.09 Å². The van der Waals surface area contributed by atoms with Gasteiger partial charge in [-0.05, 0) is 117 Å². The zero-order valence-electron chi connectivity index (χ0n) is 36.4. The van der Waals surface area contributed by atoms with Gasteiger partial charge in [0, 0.05) is 32.5 Å². The Bertz CT molecular complexity index is 1220. The predicted octanol–water partition coefficient (Wildman–Crippen LogP) is 10.3. The molecule has 4 aliphatic rings. The van der Waals surface area contributed by atoms with Crippen molar-refractivity contribution in [2.45, 2.75) is 189 Å². The van der Waals surface area contributed by atoms with Crippen LogP contribution in [0.1, 0.15) is 183 Å². The van der Waals surface area contributed by atoms with Gasteiger partial charge in [0.25, 0.3) is 0 Å². The van der Waals surface area contributed by atoms with Crippen LogP contribution in [0.15, 0.2) is 11.6 Å². The fourth-order valence-electron chi connectivity index (χ4n) is 11.8. The molecule has 0 saturated heterocycles. The Morgan fingerprint density at radius 3 is 2.27 bits per heavy atom. The van der Waals surface area contributed by atoms with E-state index >= 15 is 0 Å². The normalized spacial score (nSPS) is 29.1. The molecule has 4 rings (SSSR count). The van der Waals surface area contributed by atoms with E-state index in [1.54, 1.807) is 0 Å². The predicted molar refractivity (Wildman–Crippen MR) is 226 cm³/mol. The summed E-state index contributed by atoms with van der Waals surface area (Å²) in [5, 5.41) is 5.92. The quantitative estimate of drug-likeness (QED) is 0.0668. The van der Waals surface area contributed by atoms with Crippen LogP contribution < -0.4 is 16.4 Å². The van der Waals surface area contributed by atoms with Crippen LogP contribution in [0.4, 0.5) is 4.79 Å². The number of carbonyl (C=O) groups excluding carboxylic acids is 3. The summed E-state index contributed by atoms with van der Waals surface area (Å²) < 4.78 is 6.23. The van der Waals surface area contributed by atoms with E-state index in [9.17, 15) is 14.4 Å². The molecule has 0 aromatic carbocycles. The second-order valence-electron chi connectivity index (χ2n) is 19.4. The van der Waals surface area contributed by atoms with Gasteiger partial charge in [0.2, 0.25) is 11.8 Å². The van der Waals surface area contributed by atoms with E-state index in [0.717, 1.165) is 67.6 Å². The van der Waals surface area contributed by atoms with E-state index in [4.69, 9.17) is 10.5 Å². The maximum atomic E-state index is 13.7. The number of hydrogen-bond acceptors (Lipinski definition) is 5. The summed E-state index contributed by atoms with van der Waals surface area (Å²) in [5.41, 5.74) is 7.79. The summed E-state index contributed by atoms with van der Waals surface area (Å²) in [4.78, 5) is 40.5. The monoisotopic (exact) mass is 769 g/mol. The standard InChI is InChI=1S/C47H84N4O4/c1-7-8-9-10-11-12-13-14-20-43(52)49-31-17-32-51(34-44(53)50-30-16-29-48)45(54)55-38-25-27-46(5)37(33-38)21-22-39-41-24-23-40(36(4)19-15-18-35(2)3)47(41,6)28-26-42(39)46/h21,35-36,38-42H,7-20,22-34,48H2,1-6H3,(H,49,52)(H,50,53)/t36-,38+,39+,40-,41+,42+,46+,47-/m1/s1. The smallest absolute Gasteiger partial charge is 0.410 e. The van der Waals surface area contributed by atoms with Gasteiger partial charge in [0.05, 0.1) is 0 Å². The third-order valence-corrected chi connectivity index (χ3v) is 15.0. The average Bonchev–Trinajstić information content (AvgIpc) is 3.51. The van der Waals surface area contributed by atoms with Gasteiger partial charge in [-0.1, -0.05) is 117 Å². The van der Waals surface area contributed by atoms with Crippen molar-refractivity contribution in [3.05, 3.63) is 11.6 Å². The molecule has 0 heterocycles. The lowest BCUT2D eigenvalue weighted by atomic mass is 9.47. The summed E-state index contributed by atoms with van der Waals surface area (Å²) in [6.07, 6.45) is 26.9. The third-order valence-electron chi connectivity index (χ3n) is 15.0. The number of amides is 3. The molecule has 55 heavy (non-hydrogen) atoms. The first-order valence-electron chi connectivity index (χ1n) is 23.3. The highest BCUT2D eigenvalue weighted by atomic mass is 16.6. The van der Waals surface area contributed by atoms with Crippen LogP contribution in [0, 0.1) is 46.3 Å². The van der Waals surface area contributed by atoms with Crippen LogP contribution in [-0.4, -0.2) is 61.6 Å². The van der Waals surface area contributed by atoms with Crippen molar-refractivity contribution in [1.29, 1.82) is 0 Å². The molecule has 0 radical (unpaired) electrons. The van der Waals surface area contributed by atoms with E-state index in [1.807, 2.05) is 0 Å². The molecule has 0 aliphatic heterocycles. The minimum Gasteiger partial charge on any atom is -0.446 e. The highest BCUT2D eigenvalue weighted by Gasteiger charge is 2.59. The lowest BCUT2D eigenvalue weighted by Crippen LogP contribution is -2.51. The Morgan fingerprint density at radius 2 is 1.55 bits per heavy atom.